The zero-order valence-electron chi connectivity index (χ0n) is 12.0. The molecule has 1 aromatic heterocycles. The molecule has 2 saturated carbocycles. The maximum absolute atomic E-state index is 12.7. The Morgan fingerprint density at radius 1 is 1.38 bits per heavy atom. The van der Waals surface area contributed by atoms with Gasteiger partial charge in [-0.15, -0.1) is 0 Å². The van der Waals surface area contributed by atoms with E-state index in [0.717, 1.165) is 19.4 Å². The van der Waals surface area contributed by atoms with Crippen LogP contribution in [0.5, 0.6) is 0 Å². The topological polar surface area (TPSA) is 59.4 Å². The summed E-state index contributed by atoms with van der Waals surface area (Å²) in [5.41, 5.74) is 0.444. The van der Waals surface area contributed by atoms with Crippen molar-refractivity contribution in [1.29, 1.82) is 0 Å². The first-order valence-electron chi connectivity index (χ1n) is 7.36. The molecule has 0 N–H and O–H groups in total. The number of nitrogens with zero attached hydrogens (tertiary/aromatic N) is 2. The van der Waals surface area contributed by atoms with E-state index in [1.165, 1.54) is 25.1 Å². The Hall–Kier alpha value is -1.01. The average molecular weight is 331 g/mol. The van der Waals surface area contributed by atoms with E-state index in [9.17, 15) is 13.2 Å². The highest BCUT2D eigenvalue weighted by Crippen LogP contribution is 2.38. The average Bonchev–Trinajstić information content (AvgIpc) is 3.33. The molecular formula is C14H19ClN2O3S. The number of carbonyl (C=O) groups excluding carboxylic acids is 1. The number of halogens is 1. The monoisotopic (exact) mass is 330 g/mol. The minimum atomic E-state index is -3.81. The Morgan fingerprint density at radius 2 is 2.05 bits per heavy atom. The summed E-state index contributed by atoms with van der Waals surface area (Å²) in [5, 5.41) is 0. The predicted octanol–water partition coefficient (Wildman–Crippen LogP) is 2.62. The van der Waals surface area contributed by atoms with Crippen molar-refractivity contribution in [3.05, 3.63) is 18.0 Å². The van der Waals surface area contributed by atoms with E-state index in [2.05, 4.69) is 0 Å². The Kier molecular flexibility index (Phi) is 3.78. The van der Waals surface area contributed by atoms with Crippen LogP contribution in [0.15, 0.2) is 17.2 Å². The van der Waals surface area contributed by atoms with Crippen LogP contribution < -0.4 is 0 Å². The zero-order chi connectivity index (χ0) is 15.2. The van der Waals surface area contributed by atoms with Gasteiger partial charge < -0.3 is 9.47 Å². The second-order valence-corrected chi connectivity index (χ2v) is 8.49. The highest BCUT2D eigenvalue weighted by atomic mass is 35.7. The third kappa shape index (κ3) is 3.26. The Balaban J connectivity index is 1.91. The summed E-state index contributed by atoms with van der Waals surface area (Å²) in [6.45, 7) is 3.34. The minimum Gasteiger partial charge on any atom is -0.339 e. The van der Waals surface area contributed by atoms with Gasteiger partial charge in [0.25, 0.3) is 15.0 Å². The van der Waals surface area contributed by atoms with Crippen LogP contribution in [0.4, 0.5) is 0 Å². The lowest BCUT2D eigenvalue weighted by atomic mass is 10.3. The molecule has 21 heavy (non-hydrogen) atoms. The van der Waals surface area contributed by atoms with Crippen LogP contribution >= 0.6 is 10.7 Å². The van der Waals surface area contributed by atoms with Gasteiger partial charge in [-0.3, -0.25) is 4.79 Å². The number of hydrogen-bond acceptors (Lipinski definition) is 3. The molecule has 0 unspecified atom stereocenters. The molecule has 1 heterocycles. The van der Waals surface area contributed by atoms with E-state index in [-0.39, 0.29) is 16.8 Å². The van der Waals surface area contributed by atoms with Crippen molar-refractivity contribution in [3.8, 4) is 0 Å². The van der Waals surface area contributed by atoms with E-state index in [4.69, 9.17) is 10.7 Å². The summed E-state index contributed by atoms with van der Waals surface area (Å²) >= 11 is 0. The lowest BCUT2D eigenvalue weighted by Gasteiger charge is -2.21. The summed E-state index contributed by atoms with van der Waals surface area (Å²) < 4.78 is 24.8. The van der Waals surface area contributed by atoms with Crippen LogP contribution in [0.2, 0.25) is 0 Å². The molecule has 0 saturated heterocycles. The highest BCUT2D eigenvalue weighted by Gasteiger charge is 2.33. The highest BCUT2D eigenvalue weighted by molar-refractivity contribution is 8.13. The van der Waals surface area contributed by atoms with Gasteiger partial charge in [0.2, 0.25) is 0 Å². The molecule has 2 aliphatic carbocycles. The van der Waals surface area contributed by atoms with Crippen LogP contribution in [-0.4, -0.2) is 36.9 Å². The van der Waals surface area contributed by atoms with Crippen LogP contribution in [0.25, 0.3) is 0 Å². The van der Waals surface area contributed by atoms with Crippen molar-refractivity contribution in [2.45, 2.75) is 43.5 Å². The fourth-order valence-corrected chi connectivity index (χ4v) is 3.29. The summed E-state index contributed by atoms with van der Waals surface area (Å²) in [7, 11) is 1.61. The van der Waals surface area contributed by atoms with Crippen LogP contribution in [-0.2, 0) is 9.05 Å². The van der Waals surface area contributed by atoms with Gasteiger partial charge in [0.1, 0.15) is 10.6 Å². The summed E-state index contributed by atoms with van der Waals surface area (Å²) in [6, 6.07) is 1.65. The van der Waals surface area contributed by atoms with Crippen LogP contribution in [0, 0.1) is 5.92 Å². The third-order valence-electron chi connectivity index (χ3n) is 4.11. The van der Waals surface area contributed by atoms with E-state index in [1.807, 2.05) is 6.92 Å². The van der Waals surface area contributed by atoms with E-state index < -0.39 is 9.05 Å². The minimum absolute atomic E-state index is 0.0156. The molecule has 0 aromatic carbocycles. The molecule has 2 aliphatic rings. The van der Waals surface area contributed by atoms with E-state index >= 15 is 0 Å². The maximum atomic E-state index is 12.7. The van der Waals surface area contributed by atoms with Gasteiger partial charge in [0.05, 0.1) is 0 Å². The first-order valence-corrected chi connectivity index (χ1v) is 9.67. The smallest absolute Gasteiger partial charge is 0.270 e. The van der Waals surface area contributed by atoms with Crippen molar-refractivity contribution in [3.63, 3.8) is 0 Å². The van der Waals surface area contributed by atoms with Gasteiger partial charge in [-0.25, -0.2) is 8.42 Å². The van der Waals surface area contributed by atoms with E-state index in [1.54, 1.807) is 9.47 Å². The Morgan fingerprint density at radius 3 is 2.52 bits per heavy atom. The molecular weight excluding hydrogens is 312 g/mol. The van der Waals surface area contributed by atoms with Crippen LogP contribution in [0.1, 0.15) is 49.1 Å². The fourth-order valence-electron chi connectivity index (χ4n) is 2.54. The van der Waals surface area contributed by atoms with Crippen molar-refractivity contribution in [2.75, 3.05) is 13.1 Å². The van der Waals surface area contributed by atoms with Crippen molar-refractivity contribution >= 4 is 25.6 Å². The van der Waals surface area contributed by atoms with Gasteiger partial charge >= 0.3 is 0 Å². The van der Waals surface area contributed by atoms with E-state index in [0.29, 0.717) is 18.2 Å². The standard InChI is InChI=1S/C14H19ClN2O3S/c1-2-16(8-10-3-4-10)14(18)13-7-12(21(15,19)20)9-17(13)11-5-6-11/h7,9-11H,2-6,8H2,1H3. The number of amides is 1. The van der Waals surface area contributed by atoms with Crippen molar-refractivity contribution in [1.82, 2.24) is 9.47 Å². The molecule has 0 bridgehead atoms. The first-order chi connectivity index (χ1) is 9.90. The quantitative estimate of drug-likeness (QED) is 0.753. The number of rotatable bonds is 6. The normalized spacial score (nSPS) is 18.8. The van der Waals surface area contributed by atoms with Crippen molar-refractivity contribution in [2.24, 2.45) is 5.92 Å². The Bertz CT molecular complexity index is 660. The molecule has 0 atom stereocenters. The lowest BCUT2D eigenvalue weighted by molar-refractivity contribution is 0.0746. The van der Waals surface area contributed by atoms with Gasteiger partial charge in [0.15, 0.2) is 0 Å². The molecule has 2 fully saturated rings. The van der Waals surface area contributed by atoms with Gasteiger partial charge in [-0.2, -0.15) is 0 Å². The molecule has 0 spiro atoms. The molecule has 1 aromatic rings. The molecule has 0 radical (unpaired) electrons. The molecule has 116 valence electrons. The number of carbonyl (C=O) groups is 1. The molecule has 0 aliphatic heterocycles. The Labute approximate surface area is 129 Å². The first kappa shape index (κ1) is 14.9. The SMILES string of the molecule is CCN(CC1CC1)C(=O)c1cc(S(=O)(=O)Cl)cn1C1CC1. The predicted molar refractivity (Wildman–Crippen MR) is 80.0 cm³/mol. The fraction of sp³-hybridized carbons (Fsp3) is 0.643. The second-order valence-electron chi connectivity index (χ2n) is 5.92. The third-order valence-corrected chi connectivity index (χ3v) is 5.43. The molecule has 7 heteroatoms. The number of hydrogen-bond donors (Lipinski definition) is 0. The summed E-state index contributed by atoms with van der Waals surface area (Å²) in [4.78, 5) is 14.5. The lowest BCUT2D eigenvalue weighted by Crippen LogP contribution is -2.34. The maximum Gasteiger partial charge on any atom is 0.270 e. The largest absolute Gasteiger partial charge is 0.339 e. The van der Waals surface area contributed by atoms with Gasteiger partial charge in [-0.1, -0.05) is 0 Å². The summed E-state index contributed by atoms with van der Waals surface area (Å²) in [5.74, 6) is 0.511. The molecule has 3 rings (SSSR count). The van der Waals surface area contributed by atoms with Crippen molar-refractivity contribution < 1.29 is 13.2 Å². The van der Waals surface area contributed by atoms with Crippen LogP contribution in [0.3, 0.4) is 0 Å². The molecule has 5 nitrogen and oxygen atoms in total. The van der Waals surface area contributed by atoms with Gasteiger partial charge in [0, 0.05) is 36.0 Å². The zero-order valence-corrected chi connectivity index (χ0v) is 13.5. The van der Waals surface area contributed by atoms with Gasteiger partial charge in [-0.05, 0) is 44.6 Å². The molecule has 1 amide bonds. The second kappa shape index (κ2) is 5.32. The summed E-state index contributed by atoms with van der Waals surface area (Å²) in [6.07, 6.45) is 5.80. The number of aromatic nitrogens is 1.